The van der Waals surface area contributed by atoms with E-state index >= 15 is 0 Å². The molecule has 0 fully saturated rings. The quantitative estimate of drug-likeness (QED) is 0.749. The molecule has 0 radical (unpaired) electrons. The van der Waals surface area contributed by atoms with Crippen molar-refractivity contribution in [3.05, 3.63) is 60.9 Å². The van der Waals surface area contributed by atoms with Crippen molar-refractivity contribution in [1.29, 1.82) is 0 Å². The van der Waals surface area contributed by atoms with Crippen LogP contribution in [0.1, 0.15) is 5.69 Å². The van der Waals surface area contributed by atoms with E-state index in [4.69, 9.17) is 0 Å². The molecule has 0 aliphatic rings. The van der Waals surface area contributed by atoms with Crippen LogP contribution in [0.25, 0.3) is 16.7 Å². The lowest BCUT2D eigenvalue weighted by atomic mass is 10.2. The number of pyridine rings is 1. The first-order valence-electron chi connectivity index (χ1n) is 6.53. The lowest BCUT2D eigenvalue weighted by Crippen LogP contribution is -2.07. The number of fused-ring (bicyclic) bond motifs is 1. The Labute approximate surface area is 121 Å². The maximum atomic E-state index is 11.4. The molecule has 2 heterocycles. The standard InChI is InChI=1S/C16H14N4O/c1-3-15(21)18-12-9-14-11(2)19-20(16(14)17-10-12)13-7-5-4-6-8-13/h3-10H,1H2,2H3,(H,18,21). The Balaban J connectivity index is 2.10. The average molecular weight is 278 g/mol. The summed E-state index contributed by atoms with van der Waals surface area (Å²) in [4.78, 5) is 15.8. The predicted molar refractivity (Wildman–Crippen MR) is 82.4 cm³/mol. The summed E-state index contributed by atoms with van der Waals surface area (Å²) in [5.41, 5.74) is 3.19. The number of carbonyl (C=O) groups excluding carboxylic acids is 1. The minimum Gasteiger partial charge on any atom is -0.321 e. The van der Waals surface area contributed by atoms with E-state index < -0.39 is 0 Å². The molecule has 3 rings (SSSR count). The first kappa shape index (κ1) is 13.1. The van der Waals surface area contributed by atoms with Crippen LogP contribution in [0.5, 0.6) is 0 Å². The minimum atomic E-state index is -0.260. The molecule has 104 valence electrons. The van der Waals surface area contributed by atoms with Crippen molar-refractivity contribution in [2.45, 2.75) is 6.92 Å². The van der Waals surface area contributed by atoms with Crippen molar-refractivity contribution < 1.29 is 4.79 Å². The molecular formula is C16H14N4O. The molecule has 0 aliphatic carbocycles. The molecule has 5 nitrogen and oxygen atoms in total. The molecule has 0 atom stereocenters. The Morgan fingerprint density at radius 1 is 1.33 bits per heavy atom. The van der Waals surface area contributed by atoms with Crippen molar-refractivity contribution in [3.63, 3.8) is 0 Å². The molecule has 0 bridgehead atoms. The molecule has 0 saturated carbocycles. The number of aryl methyl sites for hydroxylation is 1. The topological polar surface area (TPSA) is 59.8 Å². The van der Waals surface area contributed by atoms with Gasteiger partial charge in [-0.1, -0.05) is 24.8 Å². The van der Waals surface area contributed by atoms with E-state index in [0.29, 0.717) is 5.69 Å². The Hall–Kier alpha value is -2.95. The number of para-hydroxylation sites is 1. The van der Waals surface area contributed by atoms with Crippen molar-refractivity contribution in [2.75, 3.05) is 5.32 Å². The summed E-state index contributed by atoms with van der Waals surface area (Å²) in [5, 5.41) is 8.13. The summed E-state index contributed by atoms with van der Waals surface area (Å²) in [7, 11) is 0. The monoisotopic (exact) mass is 278 g/mol. The zero-order valence-electron chi connectivity index (χ0n) is 11.6. The van der Waals surface area contributed by atoms with Crippen LogP contribution < -0.4 is 5.32 Å². The van der Waals surface area contributed by atoms with E-state index in [1.807, 2.05) is 43.3 Å². The highest BCUT2D eigenvalue weighted by molar-refractivity contribution is 6.00. The SMILES string of the molecule is C=CC(=O)Nc1cnc2c(c1)c(C)nn2-c1ccccc1. The van der Waals surface area contributed by atoms with Crippen molar-refractivity contribution in [3.8, 4) is 5.69 Å². The Bertz CT molecular complexity index is 821. The summed E-state index contributed by atoms with van der Waals surface area (Å²) in [5.74, 6) is -0.260. The number of nitrogens with one attached hydrogen (secondary N) is 1. The van der Waals surface area contributed by atoms with Crippen LogP contribution in [0.3, 0.4) is 0 Å². The number of amides is 1. The van der Waals surface area contributed by atoms with Crippen LogP contribution in [0, 0.1) is 6.92 Å². The van der Waals surface area contributed by atoms with Gasteiger partial charge >= 0.3 is 0 Å². The van der Waals surface area contributed by atoms with Gasteiger partial charge in [-0.05, 0) is 31.2 Å². The third-order valence-electron chi connectivity index (χ3n) is 3.16. The van der Waals surface area contributed by atoms with Crippen molar-refractivity contribution in [1.82, 2.24) is 14.8 Å². The highest BCUT2D eigenvalue weighted by Crippen LogP contribution is 2.22. The van der Waals surface area contributed by atoms with Gasteiger partial charge in [-0.25, -0.2) is 9.67 Å². The molecule has 1 amide bonds. The third kappa shape index (κ3) is 2.41. The van der Waals surface area contributed by atoms with E-state index in [0.717, 1.165) is 22.4 Å². The van der Waals surface area contributed by atoms with E-state index in [9.17, 15) is 4.79 Å². The van der Waals surface area contributed by atoms with E-state index in [1.165, 1.54) is 6.08 Å². The van der Waals surface area contributed by atoms with Gasteiger partial charge in [-0.2, -0.15) is 5.10 Å². The Kier molecular flexibility index (Phi) is 3.23. The number of rotatable bonds is 3. The number of aromatic nitrogens is 3. The molecule has 0 spiro atoms. The van der Waals surface area contributed by atoms with Gasteiger partial charge in [0.2, 0.25) is 5.91 Å². The van der Waals surface area contributed by atoms with Crippen molar-refractivity contribution >= 4 is 22.6 Å². The second kappa shape index (κ2) is 5.20. The zero-order valence-corrected chi connectivity index (χ0v) is 11.6. The predicted octanol–water partition coefficient (Wildman–Crippen LogP) is 2.85. The fourth-order valence-electron chi connectivity index (χ4n) is 2.15. The van der Waals surface area contributed by atoms with Gasteiger partial charge in [0.05, 0.1) is 23.3 Å². The van der Waals surface area contributed by atoms with Gasteiger partial charge in [0.25, 0.3) is 0 Å². The zero-order chi connectivity index (χ0) is 14.8. The molecule has 2 aromatic heterocycles. The smallest absolute Gasteiger partial charge is 0.247 e. The number of anilines is 1. The summed E-state index contributed by atoms with van der Waals surface area (Å²) in [6.45, 7) is 5.35. The van der Waals surface area contributed by atoms with Crippen molar-refractivity contribution in [2.24, 2.45) is 0 Å². The second-order valence-electron chi connectivity index (χ2n) is 4.62. The Morgan fingerprint density at radius 3 is 2.81 bits per heavy atom. The minimum absolute atomic E-state index is 0.260. The molecule has 0 unspecified atom stereocenters. The lowest BCUT2D eigenvalue weighted by molar-refractivity contribution is -0.111. The van der Waals surface area contributed by atoms with Gasteiger partial charge in [0, 0.05) is 5.39 Å². The largest absolute Gasteiger partial charge is 0.321 e. The first-order valence-corrected chi connectivity index (χ1v) is 6.53. The van der Waals surface area contributed by atoms with E-state index in [-0.39, 0.29) is 5.91 Å². The van der Waals surface area contributed by atoms with E-state index in [1.54, 1.807) is 10.9 Å². The molecule has 1 N–H and O–H groups in total. The van der Waals surface area contributed by atoms with Crippen LogP contribution in [0.2, 0.25) is 0 Å². The molecule has 3 aromatic rings. The maximum absolute atomic E-state index is 11.4. The molecule has 0 saturated heterocycles. The van der Waals surface area contributed by atoms with Crippen LogP contribution in [0.15, 0.2) is 55.3 Å². The number of hydrogen-bond donors (Lipinski definition) is 1. The maximum Gasteiger partial charge on any atom is 0.247 e. The number of benzene rings is 1. The van der Waals surface area contributed by atoms with Crippen LogP contribution in [-0.2, 0) is 4.79 Å². The van der Waals surface area contributed by atoms with Crippen LogP contribution in [-0.4, -0.2) is 20.7 Å². The van der Waals surface area contributed by atoms with Gasteiger partial charge in [0.15, 0.2) is 5.65 Å². The first-order chi connectivity index (χ1) is 10.2. The van der Waals surface area contributed by atoms with Crippen LogP contribution >= 0.6 is 0 Å². The number of carbonyl (C=O) groups is 1. The summed E-state index contributed by atoms with van der Waals surface area (Å²) >= 11 is 0. The van der Waals surface area contributed by atoms with Gasteiger partial charge < -0.3 is 5.32 Å². The number of nitrogens with zero attached hydrogens (tertiary/aromatic N) is 3. The fourth-order valence-corrected chi connectivity index (χ4v) is 2.15. The third-order valence-corrected chi connectivity index (χ3v) is 3.16. The normalized spacial score (nSPS) is 10.5. The summed E-state index contributed by atoms with van der Waals surface area (Å²) < 4.78 is 1.80. The summed E-state index contributed by atoms with van der Waals surface area (Å²) in [6.07, 6.45) is 2.84. The fraction of sp³-hybridized carbons (Fsp3) is 0.0625. The second-order valence-corrected chi connectivity index (χ2v) is 4.62. The molecule has 21 heavy (non-hydrogen) atoms. The lowest BCUT2D eigenvalue weighted by Gasteiger charge is -2.04. The van der Waals surface area contributed by atoms with Gasteiger partial charge in [-0.15, -0.1) is 0 Å². The highest BCUT2D eigenvalue weighted by atomic mass is 16.1. The molecule has 1 aromatic carbocycles. The molecule has 5 heteroatoms. The highest BCUT2D eigenvalue weighted by Gasteiger charge is 2.11. The van der Waals surface area contributed by atoms with Gasteiger partial charge in [-0.3, -0.25) is 4.79 Å². The van der Waals surface area contributed by atoms with Gasteiger partial charge in [0.1, 0.15) is 0 Å². The number of hydrogen-bond acceptors (Lipinski definition) is 3. The molecule has 0 aliphatic heterocycles. The van der Waals surface area contributed by atoms with E-state index in [2.05, 4.69) is 22.0 Å². The Morgan fingerprint density at radius 2 is 2.10 bits per heavy atom. The summed E-state index contributed by atoms with van der Waals surface area (Å²) in [6, 6.07) is 11.7. The van der Waals surface area contributed by atoms with Crippen LogP contribution in [0.4, 0.5) is 5.69 Å². The molecular weight excluding hydrogens is 264 g/mol. The average Bonchev–Trinajstić information content (AvgIpc) is 2.85.